The Morgan fingerprint density at radius 1 is 1.58 bits per heavy atom. The van der Waals surface area contributed by atoms with Crippen LogP contribution in [0.4, 0.5) is 5.69 Å². The van der Waals surface area contributed by atoms with Crippen molar-refractivity contribution in [2.45, 2.75) is 6.04 Å². The third kappa shape index (κ3) is 2.74. The Balaban J connectivity index is 2.33. The minimum atomic E-state index is -0.469. The molecule has 0 aromatic heterocycles. The van der Waals surface area contributed by atoms with Crippen LogP contribution in [-0.2, 0) is 14.3 Å². The summed E-state index contributed by atoms with van der Waals surface area (Å²) in [6, 6.07) is 6.11. The summed E-state index contributed by atoms with van der Waals surface area (Å²) < 4.78 is 9.74. The molecule has 1 aromatic carbocycles. The van der Waals surface area contributed by atoms with Crippen LogP contribution in [0.5, 0.6) is 0 Å². The van der Waals surface area contributed by atoms with E-state index in [-0.39, 0.29) is 25.7 Å². The van der Waals surface area contributed by atoms with Crippen LogP contribution in [0.1, 0.15) is 10.4 Å². The van der Waals surface area contributed by atoms with E-state index in [1.54, 1.807) is 24.3 Å². The average molecular weight is 265 g/mol. The Morgan fingerprint density at radius 2 is 2.37 bits per heavy atom. The van der Waals surface area contributed by atoms with Crippen LogP contribution in [0.3, 0.4) is 0 Å². The van der Waals surface area contributed by atoms with Crippen molar-refractivity contribution in [2.24, 2.45) is 0 Å². The lowest BCUT2D eigenvalue weighted by atomic mass is 10.1. The second-order valence-electron chi connectivity index (χ2n) is 4.16. The second kappa shape index (κ2) is 5.81. The van der Waals surface area contributed by atoms with Crippen LogP contribution in [0.25, 0.3) is 0 Å². The van der Waals surface area contributed by atoms with E-state index in [0.29, 0.717) is 11.3 Å². The lowest BCUT2D eigenvalue weighted by Gasteiger charge is -2.34. The number of anilines is 1. The van der Waals surface area contributed by atoms with E-state index in [1.807, 2.05) is 0 Å². The third-order valence-corrected chi connectivity index (χ3v) is 2.93. The van der Waals surface area contributed by atoms with Crippen molar-refractivity contribution in [1.82, 2.24) is 0 Å². The summed E-state index contributed by atoms with van der Waals surface area (Å²) >= 11 is 0. The summed E-state index contributed by atoms with van der Waals surface area (Å²) in [5.74, 6) is -0.713. The Morgan fingerprint density at radius 3 is 3.05 bits per heavy atom. The molecule has 1 atom stereocenters. The molecular weight excluding hydrogens is 250 g/mol. The molecule has 19 heavy (non-hydrogen) atoms. The van der Waals surface area contributed by atoms with Gasteiger partial charge in [0.05, 0.1) is 31.9 Å². The van der Waals surface area contributed by atoms with Crippen molar-refractivity contribution in [2.75, 3.05) is 31.8 Å². The lowest BCUT2D eigenvalue weighted by Crippen LogP contribution is -2.51. The Kier molecular flexibility index (Phi) is 4.13. The highest BCUT2D eigenvalue weighted by Crippen LogP contribution is 2.22. The van der Waals surface area contributed by atoms with Gasteiger partial charge in [-0.3, -0.25) is 4.79 Å². The van der Waals surface area contributed by atoms with Gasteiger partial charge in [-0.05, 0) is 18.2 Å². The fourth-order valence-electron chi connectivity index (χ4n) is 2.02. The maximum absolute atomic E-state index is 11.9. The third-order valence-electron chi connectivity index (χ3n) is 2.93. The number of carbonyl (C=O) groups excluding carboxylic acids is 2. The van der Waals surface area contributed by atoms with Gasteiger partial charge in [-0.25, -0.2) is 4.79 Å². The SMILES string of the molecule is COC(=O)c1cccc(N2C(=O)COCC2CO)c1. The zero-order valence-corrected chi connectivity index (χ0v) is 10.5. The number of hydrogen-bond acceptors (Lipinski definition) is 5. The van der Waals surface area contributed by atoms with E-state index in [0.717, 1.165) is 0 Å². The average Bonchev–Trinajstić information content (AvgIpc) is 2.46. The minimum absolute atomic E-state index is 0.0288. The van der Waals surface area contributed by atoms with Crippen molar-refractivity contribution in [3.05, 3.63) is 29.8 Å². The van der Waals surface area contributed by atoms with Gasteiger partial charge in [-0.1, -0.05) is 6.07 Å². The number of aliphatic hydroxyl groups is 1. The number of ether oxygens (including phenoxy) is 2. The number of rotatable bonds is 3. The van der Waals surface area contributed by atoms with E-state index >= 15 is 0 Å². The summed E-state index contributed by atoms with van der Waals surface area (Å²) in [4.78, 5) is 24.8. The summed E-state index contributed by atoms with van der Waals surface area (Å²) in [5.41, 5.74) is 0.909. The van der Waals surface area contributed by atoms with Crippen molar-refractivity contribution >= 4 is 17.6 Å². The first kappa shape index (κ1) is 13.5. The standard InChI is InChI=1S/C13H15NO5/c1-18-13(17)9-3-2-4-10(5-9)14-11(6-15)7-19-8-12(14)16/h2-5,11,15H,6-8H2,1H3. The lowest BCUT2D eigenvalue weighted by molar-refractivity contribution is -0.128. The van der Waals surface area contributed by atoms with Gasteiger partial charge >= 0.3 is 5.97 Å². The van der Waals surface area contributed by atoms with E-state index < -0.39 is 12.0 Å². The Bertz CT molecular complexity index is 488. The zero-order valence-electron chi connectivity index (χ0n) is 10.5. The molecule has 1 fully saturated rings. The first-order valence-electron chi connectivity index (χ1n) is 5.86. The fraction of sp³-hybridized carbons (Fsp3) is 0.385. The highest BCUT2D eigenvalue weighted by Gasteiger charge is 2.29. The predicted octanol–water partition coefficient (Wildman–Crippen LogP) is 0.197. The number of methoxy groups -OCH3 is 1. The highest BCUT2D eigenvalue weighted by molar-refractivity contribution is 5.97. The zero-order chi connectivity index (χ0) is 13.8. The van der Waals surface area contributed by atoms with Crippen LogP contribution < -0.4 is 4.90 Å². The number of carbonyl (C=O) groups is 2. The number of aliphatic hydroxyl groups excluding tert-OH is 1. The molecule has 0 spiro atoms. The fourth-order valence-corrected chi connectivity index (χ4v) is 2.02. The molecule has 1 unspecified atom stereocenters. The number of morpholine rings is 1. The van der Waals surface area contributed by atoms with Gasteiger partial charge in [0.2, 0.25) is 0 Å². The van der Waals surface area contributed by atoms with E-state index in [1.165, 1.54) is 12.0 Å². The number of amides is 1. The summed E-state index contributed by atoms with van der Waals surface area (Å²) in [7, 11) is 1.30. The normalized spacial score (nSPS) is 19.4. The molecule has 1 aromatic rings. The van der Waals surface area contributed by atoms with E-state index in [9.17, 15) is 14.7 Å². The maximum atomic E-state index is 11.9. The molecule has 1 aliphatic rings. The largest absolute Gasteiger partial charge is 0.465 e. The molecule has 1 N–H and O–H groups in total. The van der Waals surface area contributed by atoms with E-state index in [4.69, 9.17) is 4.74 Å². The van der Waals surface area contributed by atoms with Gasteiger partial charge in [0.25, 0.3) is 5.91 Å². The number of benzene rings is 1. The molecule has 6 nitrogen and oxygen atoms in total. The van der Waals surface area contributed by atoms with Gasteiger partial charge in [0.15, 0.2) is 0 Å². The summed E-state index contributed by atoms with van der Waals surface area (Å²) in [5, 5.41) is 9.30. The molecule has 0 bridgehead atoms. The van der Waals surface area contributed by atoms with Gasteiger partial charge in [0, 0.05) is 5.69 Å². The Labute approximate surface area is 110 Å². The molecule has 1 heterocycles. The first-order chi connectivity index (χ1) is 9.17. The highest BCUT2D eigenvalue weighted by atomic mass is 16.5. The summed E-state index contributed by atoms with van der Waals surface area (Å²) in [6.07, 6.45) is 0. The van der Waals surface area contributed by atoms with Crippen molar-refractivity contribution in [1.29, 1.82) is 0 Å². The quantitative estimate of drug-likeness (QED) is 0.790. The van der Waals surface area contributed by atoms with Crippen LogP contribution in [0, 0.1) is 0 Å². The van der Waals surface area contributed by atoms with Crippen molar-refractivity contribution in [3.63, 3.8) is 0 Å². The van der Waals surface area contributed by atoms with Gasteiger partial charge in [0.1, 0.15) is 6.61 Å². The summed E-state index contributed by atoms with van der Waals surface area (Å²) in [6.45, 7) is 0.0395. The van der Waals surface area contributed by atoms with Crippen LogP contribution in [0.15, 0.2) is 24.3 Å². The van der Waals surface area contributed by atoms with Crippen molar-refractivity contribution < 1.29 is 24.2 Å². The Hall–Kier alpha value is -1.92. The molecule has 102 valence electrons. The second-order valence-corrected chi connectivity index (χ2v) is 4.16. The molecule has 0 radical (unpaired) electrons. The molecule has 0 aliphatic carbocycles. The van der Waals surface area contributed by atoms with Gasteiger partial charge < -0.3 is 19.5 Å². The predicted molar refractivity (Wildman–Crippen MR) is 67.0 cm³/mol. The molecule has 1 saturated heterocycles. The van der Waals surface area contributed by atoms with Gasteiger partial charge in [-0.15, -0.1) is 0 Å². The molecule has 0 saturated carbocycles. The smallest absolute Gasteiger partial charge is 0.337 e. The van der Waals surface area contributed by atoms with Gasteiger partial charge in [-0.2, -0.15) is 0 Å². The monoisotopic (exact) mass is 265 g/mol. The number of esters is 1. The van der Waals surface area contributed by atoms with Crippen LogP contribution >= 0.6 is 0 Å². The molecule has 2 rings (SSSR count). The molecule has 6 heteroatoms. The minimum Gasteiger partial charge on any atom is -0.465 e. The molecule has 1 aliphatic heterocycles. The van der Waals surface area contributed by atoms with Crippen LogP contribution in [0.2, 0.25) is 0 Å². The van der Waals surface area contributed by atoms with E-state index in [2.05, 4.69) is 4.74 Å². The number of nitrogens with zero attached hydrogens (tertiary/aromatic N) is 1. The number of hydrogen-bond donors (Lipinski definition) is 1. The topological polar surface area (TPSA) is 76.1 Å². The van der Waals surface area contributed by atoms with Crippen LogP contribution in [-0.4, -0.2) is 50.0 Å². The maximum Gasteiger partial charge on any atom is 0.337 e. The molecule has 1 amide bonds. The first-order valence-corrected chi connectivity index (χ1v) is 5.86. The molecular formula is C13H15NO5. The van der Waals surface area contributed by atoms with Crippen molar-refractivity contribution in [3.8, 4) is 0 Å².